The number of methoxy groups -OCH3 is 3. The van der Waals surface area contributed by atoms with Crippen molar-refractivity contribution in [3.05, 3.63) is 65.7 Å². The van der Waals surface area contributed by atoms with Crippen LogP contribution in [-0.2, 0) is 13.1 Å². The molecule has 0 saturated carbocycles. The third-order valence-electron chi connectivity index (χ3n) is 7.28. The van der Waals surface area contributed by atoms with Gasteiger partial charge in [-0.05, 0) is 37.3 Å². The number of aryl methyl sites for hydroxylation is 1. The molecule has 2 heterocycles. The van der Waals surface area contributed by atoms with E-state index in [2.05, 4.69) is 54.0 Å². The predicted octanol–water partition coefficient (Wildman–Crippen LogP) is 3.38. The molecule has 1 N–H and O–H groups in total. The van der Waals surface area contributed by atoms with Crippen molar-refractivity contribution in [3.63, 3.8) is 0 Å². The molecule has 0 spiro atoms. The highest BCUT2D eigenvalue weighted by molar-refractivity contribution is 6.08. The molecule has 36 heavy (non-hydrogen) atoms. The number of carbonyl (C=O) groups is 1. The summed E-state index contributed by atoms with van der Waals surface area (Å²) in [6.07, 6.45) is 0. The lowest BCUT2D eigenvalue weighted by Gasteiger charge is -2.32. The van der Waals surface area contributed by atoms with E-state index in [0.717, 1.165) is 26.2 Å². The Kier molecular flexibility index (Phi) is 6.74. The summed E-state index contributed by atoms with van der Waals surface area (Å²) < 4.78 is 18.6. The van der Waals surface area contributed by atoms with E-state index in [0.29, 0.717) is 35.9 Å². The minimum absolute atomic E-state index is 0.0119. The second-order valence-corrected chi connectivity index (χ2v) is 9.25. The summed E-state index contributed by atoms with van der Waals surface area (Å²) in [5, 5.41) is 2.63. The summed E-state index contributed by atoms with van der Waals surface area (Å²) in [5.74, 6) is 1.46. The van der Waals surface area contributed by atoms with Gasteiger partial charge >= 0.3 is 0 Å². The summed E-state index contributed by atoms with van der Waals surface area (Å²) in [6.45, 7) is 7.34. The number of ether oxygens (including phenoxy) is 3. The molecule has 1 amide bonds. The third-order valence-corrected chi connectivity index (χ3v) is 7.28. The van der Waals surface area contributed by atoms with Gasteiger partial charge in [0.2, 0.25) is 5.75 Å². The average molecular weight is 489 g/mol. The van der Waals surface area contributed by atoms with E-state index in [-0.39, 0.29) is 5.91 Å². The summed E-state index contributed by atoms with van der Waals surface area (Å²) in [5.41, 5.74) is 4.46. The molecular weight excluding hydrogens is 454 g/mol. The maximum atomic E-state index is 13.3. The fourth-order valence-corrected chi connectivity index (χ4v) is 5.43. The highest BCUT2D eigenvalue weighted by atomic mass is 16.5. The Morgan fingerprint density at radius 1 is 0.861 bits per heavy atom. The Morgan fingerprint density at radius 3 is 2.17 bits per heavy atom. The maximum Gasteiger partial charge on any atom is 0.254 e. The topological polar surface area (TPSA) is 57.4 Å². The molecule has 7 heteroatoms. The van der Waals surface area contributed by atoms with Crippen molar-refractivity contribution in [3.8, 4) is 17.2 Å². The van der Waals surface area contributed by atoms with Gasteiger partial charge in [-0.3, -0.25) is 4.79 Å². The number of fused-ring (bicyclic) bond motifs is 3. The fraction of sp³-hybridized carbons (Fsp3) is 0.345. The largest absolute Gasteiger partial charge is 0.493 e. The molecule has 0 unspecified atom stereocenters. The van der Waals surface area contributed by atoms with Crippen LogP contribution in [0.15, 0.2) is 54.6 Å². The third kappa shape index (κ3) is 4.24. The van der Waals surface area contributed by atoms with E-state index in [9.17, 15) is 4.79 Å². The van der Waals surface area contributed by atoms with Gasteiger partial charge in [0, 0.05) is 39.5 Å². The van der Waals surface area contributed by atoms with E-state index in [1.54, 1.807) is 33.5 Å². The summed E-state index contributed by atoms with van der Waals surface area (Å²) >= 11 is 0. The van der Waals surface area contributed by atoms with Crippen molar-refractivity contribution < 1.29 is 23.9 Å². The van der Waals surface area contributed by atoms with Gasteiger partial charge in [-0.15, -0.1) is 0 Å². The average Bonchev–Trinajstić information content (AvgIpc) is 3.25. The molecule has 0 bridgehead atoms. The van der Waals surface area contributed by atoms with Gasteiger partial charge in [-0.2, -0.15) is 0 Å². The van der Waals surface area contributed by atoms with Crippen molar-refractivity contribution in [2.45, 2.75) is 20.0 Å². The molecule has 7 nitrogen and oxygen atoms in total. The lowest BCUT2D eigenvalue weighted by Crippen LogP contribution is -3.13. The Morgan fingerprint density at radius 2 is 1.53 bits per heavy atom. The van der Waals surface area contributed by atoms with Crippen LogP contribution in [0.1, 0.15) is 22.8 Å². The molecule has 1 aliphatic heterocycles. The Balaban J connectivity index is 1.29. The number of para-hydroxylation sites is 1. The molecule has 1 fully saturated rings. The van der Waals surface area contributed by atoms with E-state index in [4.69, 9.17) is 14.2 Å². The van der Waals surface area contributed by atoms with Crippen LogP contribution in [0, 0.1) is 0 Å². The molecule has 1 aromatic heterocycles. The molecule has 3 aromatic carbocycles. The number of benzene rings is 3. The summed E-state index contributed by atoms with van der Waals surface area (Å²) in [7, 11) is 4.68. The number of nitrogens with zero attached hydrogens (tertiary/aromatic N) is 2. The van der Waals surface area contributed by atoms with Crippen LogP contribution in [0.2, 0.25) is 0 Å². The van der Waals surface area contributed by atoms with Crippen LogP contribution in [0.25, 0.3) is 21.8 Å². The van der Waals surface area contributed by atoms with Crippen molar-refractivity contribution >= 4 is 27.7 Å². The molecule has 5 rings (SSSR count). The SMILES string of the molecule is CCn1c2ccccc2c2cc(C[NH+]3CCN(C(=O)c4cc(OC)c(OC)c(OC)c4)CC3)ccc21. The van der Waals surface area contributed by atoms with E-state index < -0.39 is 0 Å². The van der Waals surface area contributed by atoms with E-state index >= 15 is 0 Å². The molecular formula is C29H34N3O4+. The zero-order chi connectivity index (χ0) is 25.2. The second-order valence-electron chi connectivity index (χ2n) is 9.25. The van der Waals surface area contributed by atoms with E-state index in [1.807, 2.05) is 4.90 Å². The smallest absolute Gasteiger partial charge is 0.254 e. The minimum atomic E-state index is -0.0119. The van der Waals surface area contributed by atoms with E-state index in [1.165, 1.54) is 32.3 Å². The van der Waals surface area contributed by atoms with Crippen LogP contribution >= 0.6 is 0 Å². The molecule has 0 atom stereocenters. The number of hydrogen-bond donors (Lipinski definition) is 1. The zero-order valence-corrected chi connectivity index (χ0v) is 21.5. The molecule has 188 valence electrons. The first kappa shape index (κ1) is 24.0. The maximum absolute atomic E-state index is 13.3. The Labute approximate surface area is 211 Å². The number of nitrogens with one attached hydrogen (secondary N) is 1. The predicted molar refractivity (Wildman–Crippen MR) is 142 cm³/mol. The number of amides is 1. The number of aromatic nitrogens is 1. The molecule has 4 aromatic rings. The van der Waals surface area contributed by atoms with Gasteiger partial charge < -0.3 is 28.6 Å². The van der Waals surface area contributed by atoms with Crippen LogP contribution in [-0.4, -0.2) is 62.9 Å². The first-order valence-electron chi connectivity index (χ1n) is 12.5. The standard InChI is InChI=1S/C29H33N3O4/c1-5-32-24-9-7-6-8-22(24)23-16-20(10-11-25(23)32)19-30-12-14-31(15-13-30)29(33)21-17-26(34-2)28(36-4)27(18-21)35-3/h6-11,16-18H,5,12-15,19H2,1-4H3/p+1. The lowest BCUT2D eigenvalue weighted by atomic mass is 10.1. The second kappa shape index (κ2) is 10.1. The van der Waals surface area contributed by atoms with Crippen LogP contribution < -0.4 is 19.1 Å². The highest BCUT2D eigenvalue weighted by Crippen LogP contribution is 2.38. The number of quaternary nitrogens is 1. The van der Waals surface area contributed by atoms with Crippen molar-refractivity contribution in [2.75, 3.05) is 47.5 Å². The van der Waals surface area contributed by atoms with Crippen LogP contribution in [0.4, 0.5) is 0 Å². The Hall–Kier alpha value is -3.71. The van der Waals surface area contributed by atoms with Crippen molar-refractivity contribution in [1.82, 2.24) is 9.47 Å². The summed E-state index contributed by atoms with van der Waals surface area (Å²) in [4.78, 5) is 16.7. The monoisotopic (exact) mass is 488 g/mol. The van der Waals surface area contributed by atoms with Gasteiger partial charge in [0.25, 0.3) is 5.91 Å². The highest BCUT2D eigenvalue weighted by Gasteiger charge is 2.27. The fourth-order valence-electron chi connectivity index (χ4n) is 5.43. The lowest BCUT2D eigenvalue weighted by molar-refractivity contribution is -0.917. The van der Waals surface area contributed by atoms with Gasteiger partial charge in [0.1, 0.15) is 6.54 Å². The zero-order valence-electron chi connectivity index (χ0n) is 21.5. The van der Waals surface area contributed by atoms with Gasteiger partial charge in [0.15, 0.2) is 11.5 Å². The molecule has 1 aliphatic rings. The quantitative estimate of drug-likeness (QED) is 0.433. The molecule has 0 aliphatic carbocycles. The van der Waals surface area contributed by atoms with Gasteiger partial charge in [-0.1, -0.05) is 24.3 Å². The Bertz CT molecular complexity index is 1380. The first-order chi connectivity index (χ1) is 17.6. The number of hydrogen-bond acceptors (Lipinski definition) is 4. The van der Waals surface area contributed by atoms with Gasteiger partial charge in [0.05, 0.1) is 47.5 Å². The van der Waals surface area contributed by atoms with Crippen LogP contribution in [0.3, 0.4) is 0 Å². The van der Waals surface area contributed by atoms with Crippen molar-refractivity contribution in [1.29, 1.82) is 0 Å². The minimum Gasteiger partial charge on any atom is -0.493 e. The summed E-state index contributed by atoms with van der Waals surface area (Å²) in [6, 6.07) is 19.0. The number of rotatable bonds is 7. The van der Waals surface area contributed by atoms with Gasteiger partial charge in [-0.25, -0.2) is 0 Å². The normalized spacial score (nSPS) is 14.4. The molecule has 1 saturated heterocycles. The molecule has 0 radical (unpaired) electrons. The van der Waals surface area contributed by atoms with Crippen LogP contribution in [0.5, 0.6) is 17.2 Å². The number of carbonyl (C=O) groups excluding carboxylic acids is 1. The number of piperazine rings is 1. The van der Waals surface area contributed by atoms with Crippen molar-refractivity contribution in [2.24, 2.45) is 0 Å². The first-order valence-corrected chi connectivity index (χ1v) is 12.5.